The number of carbonyl (C=O) groups excluding carboxylic acids is 1. The molecule has 0 spiro atoms. The van der Waals surface area contributed by atoms with Crippen LogP contribution in [0.3, 0.4) is 0 Å². The smallest absolute Gasteiger partial charge is 0.323 e. The molecule has 0 heterocycles. The maximum absolute atomic E-state index is 12.0. The fourth-order valence-corrected chi connectivity index (χ4v) is 2.06. The number of para-hydroxylation sites is 1. The first-order chi connectivity index (χ1) is 9.69. The quantitative estimate of drug-likeness (QED) is 0.806. The summed E-state index contributed by atoms with van der Waals surface area (Å²) >= 11 is 5.87. The largest absolute Gasteiger partial charge is 0.330 e. The number of anilines is 2. The Kier molecular flexibility index (Phi) is 4.98. The van der Waals surface area contributed by atoms with Crippen molar-refractivity contribution in [2.24, 2.45) is 5.73 Å². The molecule has 20 heavy (non-hydrogen) atoms. The van der Waals surface area contributed by atoms with E-state index in [0.29, 0.717) is 23.7 Å². The molecule has 0 aliphatic heterocycles. The van der Waals surface area contributed by atoms with E-state index < -0.39 is 0 Å². The van der Waals surface area contributed by atoms with E-state index >= 15 is 0 Å². The van der Waals surface area contributed by atoms with Crippen molar-refractivity contribution in [3.63, 3.8) is 0 Å². The van der Waals surface area contributed by atoms with Crippen LogP contribution in [-0.2, 0) is 6.42 Å². The SMILES string of the molecule is NCCc1ccccc1NC(=O)Nc1cccc(Cl)c1. The van der Waals surface area contributed by atoms with E-state index in [1.54, 1.807) is 24.3 Å². The predicted molar refractivity (Wildman–Crippen MR) is 83.3 cm³/mol. The molecule has 0 saturated heterocycles. The van der Waals surface area contributed by atoms with E-state index in [2.05, 4.69) is 10.6 Å². The highest BCUT2D eigenvalue weighted by Crippen LogP contribution is 2.17. The van der Waals surface area contributed by atoms with Crippen molar-refractivity contribution in [3.05, 3.63) is 59.1 Å². The standard InChI is InChI=1S/C15H16ClN3O/c16-12-5-3-6-13(10-12)18-15(20)19-14-7-2-1-4-11(14)8-9-17/h1-7,10H,8-9,17H2,(H2,18,19,20). The second kappa shape index (κ2) is 6.93. The monoisotopic (exact) mass is 289 g/mol. The number of benzene rings is 2. The van der Waals surface area contributed by atoms with Crippen LogP contribution < -0.4 is 16.4 Å². The first kappa shape index (κ1) is 14.4. The van der Waals surface area contributed by atoms with Gasteiger partial charge in [0.25, 0.3) is 0 Å². The molecular weight excluding hydrogens is 274 g/mol. The molecule has 0 radical (unpaired) electrons. The third-order valence-electron chi connectivity index (χ3n) is 2.76. The Balaban J connectivity index is 2.05. The molecule has 2 aromatic rings. The molecule has 0 saturated carbocycles. The molecular formula is C15H16ClN3O. The van der Waals surface area contributed by atoms with Gasteiger partial charge in [-0.2, -0.15) is 0 Å². The molecule has 0 aliphatic rings. The van der Waals surface area contributed by atoms with Gasteiger partial charge in [0, 0.05) is 16.4 Å². The molecule has 2 amide bonds. The Bertz CT molecular complexity index is 601. The lowest BCUT2D eigenvalue weighted by Crippen LogP contribution is -2.20. The average Bonchev–Trinajstić information content (AvgIpc) is 2.41. The summed E-state index contributed by atoms with van der Waals surface area (Å²) in [5, 5.41) is 6.12. The highest BCUT2D eigenvalue weighted by atomic mass is 35.5. The van der Waals surface area contributed by atoms with Crippen molar-refractivity contribution in [1.82, 2.24) is 0 Å². The summed E-state index contributed by atoms with van der Waals surface area (Å²) in [4.78, 5) is 12.0. The zero-order chi connectivity index (χ0) is 14.4. The van der Waals surface area contributed by atoms with E-state index in [0.717, 1.165) is 11.3 Å². The molecule has 2 rings (SSSR count). The van der Waals surface area contributed by atoms with Crippen molar-refractivity contribution < 1.29 is 4.79 Å². The van der Waals surface area contributed by atoms with Gasteiger partial charge in [-0.15, -0.1) is 0 Å². The average molecular weight is 290 g/mol. The molecule has 0 fully saturated rings. The predicted octanol–water partition coefficient (Wildman–Crippen LogP) is 3.49. The van der Waals surface area contributed by atoms with Crippen LogP contribution in [0.25, 0.3) is 0 Å². The van der Waals surface area contributed by atoms with Gasteiger partial charge in [-0.05, 0) is 42.8 Å². The van der Waals surface area contributed by atoms with Crippen molar-refractivity contribution in [3.8, 4) is 0 Å². The third-order valence-corrected chi connectivity index (χ3v) is 3.00. The Morgan fingerprint density at radius 2 is 1.90 bits per heavy atom. The summed E-state index contributed by atoms with van der Waals surface area (Å²) < 4.78 is 0. The minimum absolute atomic E-state index is 0.309. The van der Waals surface area contributed by atoms with Gasteiger partial charge in [0.1, 0.15) is 0 Å². The van der Waals surface area contributed by atoms with E-state index in [4.69, 9.17) is 17.3 Å². The molecule has 0 atom stereocenters. The van der Waals surface area contributed by atoms with Gasteiger partial charge in [-0.1, -0.05) is 35.9 Å². The molecule has 0 unspecified atom stereocenters. The number of urea groups is 1. The van der Waals surface area contributed by atoms with Crippen LogP contribution in [0.1, 0.15) is 5.56 Å². The lowest BCUT2D eigenvalue weighted by molar-refractivity contribution is 0.262. The number of nitrogens with one attached hydrogen (secondary N) is 2. The topological polar surface area (TPSA) is 67.1 Å². The summed E-state index contributed by atoms with van der Waals surface area (Å²) in [5.74, 6) is 0. The fourth-order valence-electron chi connectivity index (χ4n) is 1.87. The van der Waals surface area contributed by atoms with Crippen LogP contribution in [0.2, 0.25) is 5.02 Å². The highest BCUT2D eigenvalue weighted by Gasteiger charge is 2.06. The first-order valence-electron chi connectivity index (χ1n) is 6.30. The van der Waals surface area contributed by atoms with Crippen LogP contribution in [0.15, 0.2) is 48.5 Å². The van der Waals surface area contributed by atoms with Crippen LogP contribution >= 0.6 is 11.6 Å². The normalized spacial score (nSPS) is 10.1. The van der Waals surface area contributed by atoms with Gasteiger partial charge in [0.2, 0.25) is 0 Å². The summed E-state index contributed by atoms with van der Waals surface area (Å²) in [7, 11) is 0. The van der Waals surface area contributed by atoms with E-state index in [9.17, 15) is 4.79 Å². The molecule has 2 aromatic carbocycles. The maximum atomic E-state index is 12.0. The molecule has 0 aliphatic carbocycles. The van der Waals surface area contributed by atoms with Gasteiger partial charge >= 0.3 is 6.03 Å². The Morgan fingerprint density at radius 3 is 2.65 bits per heavy atom. The summed E-state index contributed by atoms with van der Waals surface area (Å²) in [6.07, 6.45) is 0.716. The van der Waals surface area contributed by atoms with E-state index in [-0.39, 0.29) is 6.03 Å². The number of hydrogen-bond donors (Lipinski definition) is 3. The molecule has 5 heteroatoms. The van der Waals surface area contributed by atoms with Crippen molar-refractivity contribution in [2.75, 3.05) is 17.2 Å². The molecule has 4 N–H and O–H groups in total. The van der Waals surface area contributed by atoms with Gasteiger partial charge in [0.05, 0.1) is 0 Å². The lowest BCUT2D eigenvalue weighted by atomic mass is 10.1. The number of rotatable bonds is 4. The fraction of sp³-hybridized carbons (Fsp3) is 0.133. The van der Waals surface area contributed by atoms with E-state index in [1.807, 2.05) is 24.3 Å². The number of hydrogen-bond acceptors (Lipinski definition) is 2. The third kappa shape index (κ3) is 3.98. The zero-order valence-corrected chi connectivity index (χ0v) is 11.7. The number of halogens is 1. The van der Waals surface area contributed by atoms with Gasteiger partial charge in [-0.25, -0.2) is 4.79 Å². The minimum atomic E-state index is -0.309. The van der Waals surface area contributed by atoms with Crippen LogP contribution in [0, 0.1) is 0 Å². The van der Waals surface area contributed by atoms with Gasteiger partial charge in [-0.3, -0.25) is 0 Å². The summed E-state index contributed by atoms with van der Waals surface area (Å²) in [6, 6.07) is 14.3. The summed E-state index contributed by atoms with van der Waals surface area (Å²) in [6.45, 7) is 0.536. The van der Waals surface area contributed by atoms with Crippen LogP contribution in [0.4, 0.5) is 16.2 Å². The summed E-state index contributed by atoms with van der Waals surface area (Å²) in [5.41, 5.74) is 7.97. The van der Waals surface area contributed by atoms with Crippen molar-refractivity contribution in [2.45, 2.75) is 6.42 Å². The Labute approximate surface area is 122 Å². The molecule has 0 bridgehead atoms. The number of amides is 2. The second-order valence-corrected chi connectivity index (χ2v) is 4.72. The minimum Gasteiger partial charge on any atom is -0.330 e. The lowest BCUT2D eigenvalue weighted by Gasteiger charge is -2.11. The van der Waals surface area contributed by atoms with Crippen molar-refractivity contribution >= 4 is 29.0 Å². The van der Waals surface area contributed by atoms with Gasteiger partial charge in [0.15, 0.2) is 0 Å². The Morgan fingerprint density at radius 1 is 1.10 bits per heavy atom. The molecule has 4 nitrogen and oxygen atoms in total. The van der Waals surface area contributed by atoms with Crippen LogP contribution in [-0.4, -0.2) is 12.6 Å². The maximum Gasteiger partial charge on any atom is 0.323 e. The molecule has 0 aromatic heterocycles. The number of carbonyl (C=O) groups is 1. The zero-order valence-electron chi connectivity index (χ0n) is 10.9. The first-order valence-corrected chi connectivity index (χ1v) is 6.68. The van der Waals surface area contributed by atoms with Crippen LogP contribution in [0.5, 0.6) is 0 Å². The second-order valence-electron chi connectivity index (χ2n) is 4.29. The Hall–Kier alpha value is -2.04. The van der Waals surface area contributed by atoms with Gasteiger partial charge < -0.3 is 16.4 Å². The van der Waals surface area contributed by atoms with E-state index in [1.165, 1.54) is 0 Å². The molecule has 104 valence electrons. The number of nitrogens with two attached hydrogens (primary N) is 1. The highest BCUT2D eigenvalue weighted by molar-refractivity contribution is 6.30. The van der Waals surface area contributed by atoms with Crippen molar-refractivity contribution in [1.29, 1.82) is 0 Å².